The minimum atomic E-state index is -1.24. The zero-order chi connectivity index (χ0) is 19.0. The predicted octanol–water partition coefficient (Wildman–Crippen LogP) is 0.791. The van der Waals surface area contributed by atoms with Crippen LogP contribution in [0.15, 0.2) is 27.4 Å². The number of hydrogen-bond donors (Lipinski definition) is 0. The van der Waals surface area contributed by atoms with Crippen LogP contribution in [-0.4, -0.2) is 36.0 Å². The van der Waals surface area contributed by atoms with Crippen molar-refractivity contribution in [1.82, 2.24) is 4.90 Å². The molecule has 7 heteroatoms. The molecule has 1 amide bonds. The first-order valence-electron chi connectivity index (χ1n) is 9.26. The Labute approximate surface area is 155 Å². The lowest BCUT2D eigenvalue weighted by Gasteiger charge is -2.25. The first-order chi connectivity index (χ1) is 13.0. The number of hydrogen-bond acceptors (Lipinski definition) is 6. The molecular weight excluding hydrogens is 350 g/mol. The Balaban J connectivity index is 1.52. The van der Waals surface area contributed by atoms with Crippen molar-refractivity contribution in [1.29, 1.82) is 0 Å². The molecule has 1 fully saturated rings. The molecule has 0 saturated carbocycles. The van der Waals surface area contributed by atoms with Crippen LogP contribution in [0.5, 0.6) is 5.75 Å². The maximum atomic E-state index is 12.3. The smallest absolute Gasteiger partial charge is 0.339 e. The summed E-state index contributed by atoms with van der Waals surface area (Å²) in [4.78, 5) is 36.9. The van der Waals surface area contributed by atoms with E-state index < -0.39 is 17.9 Å². The number of nitrogens with zero attached hydrogens (tertiary/aromatic N) is 1. The highest BCUT2D eigenvalue weighted by molar-refractivity contribution is 5.85. The van der Waals surface area contributed by atoms with Gasteiger partial charge in [-0.2, -0.15) is 0 Å². The topological polar surface area (TPSA) is 99.9 Å². The van der Waals surface area contributed by atoms with Crippen LogP contribution in [0.1, 0.15) is 36.8 Å². The third-order valence-electron chi connectivity index (χ3n) is 5.40. The third kappa shape index (κ3) is 3.29. The van der Waals surface area contributed by atoms with E-state index in [4.69, 9.17) is 9.15 Å². The number of likely N-dealkylation sites (tertiary alicyclic amines) is 1. The van der Waals surface area contributed by atoms with Crippen LogP contribution >= 0.6 is 0 Å². The molecule has 0 spiro atoms. The van der Waals surface area contributed by atoms with Crippen LogP contribution in [0.25, 0.3) is 11.0 Å². The minimum Gasteiger partial charge on any atom is -0.548 e. The van der Waals surface area contributed by atoms with E-state index in [2.05, 4.69) is 0 Å². The Morgan fingerprint density at radius 1 is 1.19 bits per heavy atom. The van der Waals surface area contributed by atoms with Crippen molar-refractivity contribution in [2.75, 3.05) is 13.2 Å². The second kappa shape index (κ2) is 7.06. The Morgan fingerprint density at radius 2 is 1.96 bits per heavy atom. The summed E-state index contributed by atoms with van der Waals surface area (Å²) in [6.07, 6.45) is 4.69. The van der Waals surface area contributed by atoms with Gasteiger partial charge in [0.05, 0.1) is 12.0 Å². The van der Waals surface area contributed by atoms with Gasteiger partial charge < -0.3 is 24.0 Å². The second-order valence-corrected chi connectivity index (χ2v) is 7.06. The summed E-state index contributed by atoms with van der Waals surface area (Å²) in [5.41, 5.74) is 1.95. The summed E-state index contributed by atoms with van der Waals surface area (Å²) >= 11 is 0. The molecule has 2 aliphatic rings. The van der Waals surface area contributed by atoms with E-state index in [-0.39, 0.29) is 12.2 Å². The molecule has 0 unspecified atom stereocenters. The highest BCUT2D eigenvalue weighted by Gasteiger charge is 2.29. The normalized spacial score (nSPS) is 19.1. The highest BCUT2D eigenvalue weighted by Crippen LogP contribution is 2.29. The molecule has 0 radical (unpaired) electrons. The first kappa shape index (κ1) is 17.6. The molecule has 2 heterocycles. The van der Waals surface area contributed by atoms with Gasteiger partial charge in [-0.1, -0.05) is 0 Å². The van der Waals surface area contributed by atoms with Crippen molar-refractivity contribution < 1.29 is 23.8 Å². The molecule has 1 aliphatic heterocycles. The van der Waals surface area contributed by atoms with Crippen molar-refractivity contribution in [3.05, 3.63) is 39.7 Å². The monoisotopic (exact) mass is 370 g/mol. The van der Waals surface area contributed by atoms with Gasteiger partial charge in [0, 0.05) is 23.6 Å². The average Bonchev–Trinajstić information content (AvgIpc) is 3.16. The number of benzene rings is 1. The number of rotatable bonds is 4. The van der Waals surface area contributed by atoms with Gasteiger partial charge in [-0.3, -0.25) is 4.79 Å². The van der Waals surface area contributed by atoms with E-state index in [0.29, 0.717) is 30.7 Å². The van der Waals surface area contributed by atoms with Gasteiger partial charge in [0.15, 0.2) is 6.61 Å². The van der Waals surface area contributed by atoms with Gasteiger partial charge in [-0.05, 0) is 56.2 Å². The van der Waals surface area contributed by atoms with Crippen molar-refractivity contribution in [3.8, 4) is 5.75 Å². The zero-order valence-corrected chi connectivity index (χ0v) is 14.9. The largest absolute Gasteiger partial charge is 0.548 e. The molecule has 0 bridgehead atoms. The van der Waals surface area contributed by atoms with Crippen LogP contribution in [0.2, 0.25) is 0 Å². The van der Waals surface area contributed by atoms with Gasteiger partial charge in [-0.15, -0.1) is 0 Å². The third-order valence-corrected chi connectivity index (χ3v) is 5.40. The van der Waals surface area contributed by atoms with E-state index in [1.54, 1.807) is 12.1 Å². The van der Waals surface area contributed by atoms with Crippen LogP contribution in [0.4, 0.5) is 0 Å². The summed E-state index contributed by atoms with van der Waals surface area (Å²) in [6, 6.07) is 4.31. The summed E-state index contributed by atoms with van der Waals surface area (Å²) in [7, 11) is 0. The quantitative estimate of drug-likeness (QED) is 0.738. The lowest BCUT2D eigenvalue weighted by molar-refractivity contribution is -0.310. The van der Waals surface area contributed by atoms with E-state index in [1.165, 1.54) is 4.90 Å². The Bertz CT molecular complexity index is 963. The molecule has 4 rings (SSSR count). The second-order valence-electron chi connectivity index (χ2n) is 7.06. The summed E-state index contributed by atoms with van der Waals surface area (Å²) < 4.78 is 11.0. The molecule has 1 aromatic carbocycles. The molecule has 1 saturated heterocycles. The lowest BCUT2D eigenvalue weighted by atomic mass is 9.91. The van der Waals surface area contributed by atoms with Crippen molar-refractivity contribution in [2.45, 2.75) is 44.6 Å². The number of amides is 1. The molecule has 27 heavy (non-hydrogen) atoms. The molecule has 7 nitrogen and oxygen atoms in total. The zero-order valence-electron chi connectivity index (χ0n) is 14.9. The SMILES string of the molecule is O=C([O-])[C@H]1CCCN1C(=O)COc1ccc2c3c(c(=O)oc2c1)CCCC3. The van der Waals surface area contributed by atoms with Crippen molar-refractivity contribution in [2.24, 2.45) is 0 Å². The van der Waals surface area contributed by atoms with Gasteiger partial charge in [0.25, 0.3) is 5.91 Å². The molecule has 2 aromatic rings. The molecule has 1 aliphatic carbocycles. The van der Waals surface area contributed by atoms with Crippen LogP contribution in [0, 0.1) is 0 Å². The Hall–Kier alpha value is -2.83. The number of carboxylic acids is 1. The standard InChI is InChI=1S/C20H21NO6/c22-18(21-9-3-6-16(21)19(23)24)11-26-12-7-8-14-13-4-1-2-5-15(13)20(25)27-17(14)10-12/h7-8,10,16H,1-6,9,11H2,(H,23,24)/p-1/t16-/m1/s1. The van der Waals surface area contributed by atoms with Crippen LogP contribution in [-0.2, 0) is 22.4 Å². The Kier molecular flexibility index (Phi) is 4.59. The maximum absolute atomic E-state index is 12.3. The minimum absolute atomic E-state index is 0.273. The number of aliphatic carboxylic acids is 1. The fourth-order valence-corrected chi connectivity index (χ4v) is 4.05. The Morgan fingerprint density at radius 3 is 2.74 bits per heavy atom. The van der Waals surface area contributed by atoms with Gasteiger partial charge >= 0.3 is 5.63 Å². The van der Waals surface area contributed by atoms with E-state index in [9.17, 15) is 19.5 Å². The predicted molar refractivity (Wildman–Crippen MR) is 94.4 cm³/mol. The maximum Gasteiger partial charge on any atom is 0.339 e. The fraction of sp³-hybridized carbons (Fsp3) is 0.450. The van der Waals surface area contributed by atoms with E-state index in [0.717, 1.165) is 42.2 Å². The lowest BCUT2D eigenvalue weighted by Crippen LogP contribution is -2.48. The molecule has 142 valence electrons. The van der Waals surface area contributed by atoms with Crippen molar-refractivity contribution in [3.63, 3.8) is 0 Å². The van der Waals surface area contributed by atoms with Gasteiger partial charge in [0.1, 0.15) is 11.3 Å². The summed E-state index contributed by atoms with van der Waals surface area (Å²) in [6.45, 7) is 0.115. The first-order valence-corrected chi connectivity index (χ1v) is 9.26. The van der Waals surface area contributed by atoms with Crippen LogP contribution < -0.4 is 15.5 Å². The fourth-order valence-electron chi connectivity index (χ4n) is 4.05. The van der Waals surface area contributed by atoms with Crippen LogP contribution in [0.3, 0.4) is 0 Å². The number of ether oxygens (including phenoxy) is 1. The van der Waals surface area contributed by atoms with Crippen molar-refractivity contribution >= 4 is 22.8 Å². The molecular formula is C20H20NO6-. The van der Waals surface area contributed by atoms with E-state index in [1.807, 2.05) is 6.07 Å². The highest BCUT2D eigenvalue weighted by atomic mass is 16.5. The molecule has 0 N–H and O–H groups in total. The number of carbonyl (C=O) groups excluding carboxylic acids is 2. The van der Waals surface area contributed by atoms with Gasteiger partial charge in [0.2, 0.25) is 0 Å². The average molecular weight is 370 g/mol. The summed E-state index contributed by atoms with van der Waals surface area (Å²) in [5.74, 6) is -1.23. The van der Waals surface area contributed by atoms with E-state index >= 15 is 0 Å². The molecule has 1 aromatic heterocycles. The number of carbonyl (C=O) groups is 2. The number of aryl methyl sites for hydroxylation is 1. The molecule has 1 atom stereocenters. The summed E-state index contributed by atoms with van der Waals surface area (Å²) in [5, 5.41) is 12.0. The number of fused-ring (bicyclic) bond motifs is 3. The van der Waals surface area contributed by atoms with Gasteiger partial charge in [-0.25, -0.2) is 4.79 Å². The number of carboxylic acid groups (broad SMARTS) is 1.